The molecule has 1 aliphatic heterocycles. The van der Waals surface area contributed by atoms with E-state index in [1.807, 2.05) is 0 Å². The van der Waals surface area contributed by atoms with Crippen LogP contribution in [0, 0.1) is 0 Å². The fraction of sp³-hybridized carbons (Fsp3) is 0.333. The molecule has 9 nitrogen and oxygen atoms in total. The van der Waals surface area contributed by atoms with Crippen LogP contribution in [-0.4, -0.2) is 57.8 Å². The lowest BCUT2D eigenvalue weighted by Gasteiger charge is -2.31. The largest absolute Gasteiger partial charge is 0.468 e. The molecule has 0 atom stereocenters. The lowest BCUT2D eigenvalue weighted by molar-refractivity contribution is 0.0725. The van der Waals surface area contributed by atoms with Crippen LogP contribution < -0.4 is 0 Å². The van der Waals surface area contributed by atoms with E-state index >= 15 is 0 Å². The Labute approximate surface area is 161 Å². The minimum atomic E-state index is -3.31. The van der Waals surface area contributed by atoms with Crippen molar-refractivity contribution in [2.24, 2.45) is 0 Å². The maximum absolute atomic E-state index is 12.8. The van der Waals surface area contributed by atoms with Gasteiger partial charge in [-0.15, -0.1) is 5.10 Å². The highest BCUT2D eigenvalue weighted by molar-refractivity contribution is 7.91. The van der Waals surface area contributed by atoms with Gasteiger partial charge in [-0.3, -0.25) is 4.79 Å². The Morgan fingerprint density at radius 1 is 1.18 bits per heavy atom. The van der Waals surface area contributed by atoms with E-state index < -0.39 is 15.1 Å². The molecule has 1 aromatic carbocycles. The molecule has 2 aromatic heterocycles. The third-order valence-electron chi connectivity index (χ3n) is 4.87. The molecule has 3 heterocycles. The SMILES string of the molecule is O=C(c1cccc(-n2cnnn2)c1)N1CCC(S(=O)(=O)Cc2ccco2)CC1. The number of carbonyl (C=O) groups is 1. The molecule has 0 aliphatic carbocycles. The second-order valence-corrected chi connectivity index (χ2v) is 8.96. The zero-order valence-corrected chi connectivity index (χ0v) is 15.8. The van der Waals surface area contributed by atoms with Crippen molar-refractivity contribution in [1.29, 1.82) is 0 Å². The van der Waals surface area contributed by atoms with Crippen LogP contribution in [0.1, 0.15) is 29.0 Å². The third-order valence-corrected chi connectivity index (χ3v) is 7.04. The Kier molecular flexibility index (Phi) is 4.95. The molecule has 0 N–H and O–H groups in total. The molecule has 1 saturated heterocycles. The Hall–Kier alpha value is -3.01. The second-order valence-electron chi connectivity index (χ2n) is 6.68. The van der Waals surface area contributed by atoms with Gasteiger partial charge >= 0.3 is 0 Å². The van der Waals surface area contributed by atoms with Gasteiger partial charge in [0.2, 0.25) is 0 Å². The Balaban J connectivity index is 1.41. The molecule has 0 spiro atoms. The third kappa shape index (κ3) is 3.81. The number of benzene rings is 1. The first-order valence-electron chi connectivity index (χ1n) is 8.89. The Morgan fingerprint density at radius 3 is 2.68 bits per heavy atom. The summed E-state index contributed by atoms with van der Waals surface area (Å²) in [7, 11) is -3.31. The first-order chi connectivity index (χ1) is 13.5. The Bertz CT molecular complexity index is 1040. The number of tetrazole rings is 1. The molecule has 4 rings (SSSR count). The van der Waals surface area contributed by atoms with Crippen molar-refractivity contribution in [3.8, 4) is 5.69 Å². The van der Waals surface area contributed by atoms with Crippen LogP contribution in [0.25, 0.3) is 5.69 Å². The van der Waals surface area contributed by atoms with Gasteiger partial charge in [0, 0.05) is 18.7 Å². The number of aromatic nitrogens is 4. The van der Waals surface area contributed by atoms with Gasteiger partial charge in [-0.2, -0.15) is 0 Å². The number of nitrogens with zero attached hydrogens (tertiary/aromatic N) is 5. The van der Waals surface area contributed by atoms with Gasteiger partial charge in [0.15, 0.2) is 9.84 Å². The first kappa shape index (κ1) is 18.4. The molecule has 0 unspecified atom stereocenters. The number of furan rings is 1. The van der Waals surface area contributed by atoms with Crippen molar-refractivity contribution in [3.05, 3.63) is 60.3 Å². The summed E-state index contributed by atoms with van der Waals surface area (Å²) < 4.78 is 31.8. The smallest absolute Gasteiger partial charge is 0.253 e. The van der Waals surface area contributed by atoms with E-state index in [2.05, 4.69) is 15.5 Å². The van der Waals surface area contributed by atoms with E-state index in [0.717, 1.165) is 0 Å². The first-order valence-corrected chi connectivity index (χ1v) is 10.6. The van der Waals surface area contributed by atoms with Crippen molar-refractivity contribution in [3.63, 3.8) is 0 Å². The van der Waals surface area contributed by atoms with Crippen LogP contribution >= 0.6 is 0 Å². The topological polar surface area (TPSA) is 111 Å². The molecule has 0 radical (unpaired) electrons. The number of piperidine rings is 1. The summed E-state index contributed by atoms with van der Waals surface area (Å²) in [6.07, 6.45) is 3.76. The highest BCUT2D eigenvalue weighted by Gasteiger charge is 2.32. The van der Waals surface area contributed by atoms with Crippen molar-refractivity contribution in [2.75, 3.05) is 13.1 Å². The van der Waals surface area contributed by atoms with E-state index in [1.165, 1.54) is 17.3 Å². The summed E-state index contributed by atoms with van der Waals surface area (Å²) in [4.78, 5) is 14.5. The van der Waals surface area contributed by atoms with Gasteiger partial charge in [-0.1, -0.05) is 6.07 Å². The quantitative estimate of drug-likeness (QED) is 0.636. The van der Waals surface area contributed by atoms with E-state index in [0.29, 0.717) is 42.9 Å². The number of sulfone groups is 1. The molecular weight excluding hydrogens is 382 g/mol. The maximum atomic E-state index is 12.8. The van der Waals surface area contributed by atoms with Crippen LogP contribution in [-0.2, 0) is 15.6 Å². The number of hydrogen-bond donors (Lipinski definition) is 0. The summed E-state index contributed by atoms with van der Waals surface area (Å²) in [5, 5.41) is 10.5. The van der Waals surface area contributed by atoms with Crippen molar-refractivity contribution in [1.82, 2.24) is 25.1 Å². The van der Waals surface area contributed by atoms with Crippen molar-refractivity contribution in [2.45, 2.75) is 23.8 Å². The summed E-state index contributed by atoms with van der Waals surface area (Å²) in [5.41, 5.74) is 1.21. The van der Waals surface area contributed by atoms with Crippen LogP contribution in [0.5, 0.6) is 0 Å². The van der Waals surface area contributed by atoms with E-state index in [9.17, 15) is 13.2 Å². The van der Waals surface area contributed by atoms with Crippen molar-refractivity contribution < 1.29 is 17.6 Å². The number of rotatable bonds is 5. The van der Waals surface area contributed by atoms with Gasteiger partial charge < -0.3 is 9.32 Å². The van der Waals surface area contributed by atoms with Crippen LogP contribution in [0.15, 0.2) is 53.4 Å². The molecule has 1 aliphatic rings. The predicted molar refractivity (Wildman–Crippen MR) is 99.4 cm³/mol. The number of hydrogen-bond acceptors (Lipinski definition) is 7. The standard InChI is InChI=1S/C18H19N5O4S/c24-18(14-3-1-4-15(11-14)23-13-19-20-21-23)22-8-6-17(7-9-22)28(25,26)12-16-5-2-10-27-16/h1-5,10-11,13,17H,6-9,12H2. The molecule has 28 heavy (non-hydrogen) atoms. The molecule has 3 aromatic rings. The van der Waals surface area contributed by atoms with E-state index in [-0.39, 0.29) is 11.7 Å². The molecular formula is C18H19N5O4S. The molecule has 0 saturated carbocycles. The summed E-state index contributed by atoms with van der Waals surface area (Å²) >= 11 is 0. The second kappa shape index (κ2) is 7.55. The molecule has 1 amide bonds. The molecule has 146 valence electrons. The fourth-order valence-corrected chi connectivity index (χ4v) is 5.10. The lowest BCUT2D eigenvalue weighted by Crippen LogP contribution is -2.42. The van der Waals surface area contributed by atoms with Gasteiger partial charge in [-0.05, 0) is 53.6 Å². The van der Waals surface area contributed by atoms with Gasteiger partial charge in [0.25, 0.3) is 5.91 Å². The van der Waals surface area contributed by atoms with E-state index in [4.69, 9.17) is 4.42 Å². The minimum absolute atomic E-state index is 0.105. The number of likely N-dealkylation sites (tertiary alicyclic amines) is 1. The van der Waals surface area contributed by atoms with Crippen LogP contribution in [0.2, 0.25) is 0 Å². The van der Waals surface area contributed by atoms with Crippen LogP contribution in [0.4, 0.5) is 0 Å². The number of amides is 1. The zero-order valence-electron chi connectivity index (χ0n) is 15.0. The average molecular weight is 401 g/mol. The van der Waals surface area contributed by atoms with Gasteiger partial charge in [0.1, 0.15) is 17.8 Å². The Morgan fingerprint density at radius 2 is 2.00 bits per heavy atom. The fourth-order valence-electron chi connectivity index (χ4n) is 3.37. The molecule has 1 fully saturated rings. The number of carbonyl (C=O) groups excluding carboxylic acids is 1. The van der Waals surface area contributed by atoms with E-state index in [1.54, 1.807) is 41.3 Å². The zero-order chi connectivity index (χ0) is 19.6. The summed E-state index contributed by atoms with van der Waals surface area (Å²) in [6.45, 7) is 0.798. The van der Waals surface area contributed by atoms with Crippen molar-refractivity contribution >= 4 is 15.7 Å². The minimum Gasteiger partial charge on any atom is -0.468 e. The average Bonchev–Trinajstić information content (AvgIpc) is 3.41. The van der Waals surface area contributed by atoms with Gasteiger partial charge in [-0.25, -0.2) is 13.1 Å². The predicted octanol–water partition coefficient (Wildman–Crippen LogP) is 1.47. The lowest BCUT2D eigenvalue weighted by atomic mass is 10.1. The molecule has 0 bridgehead atoms. The van der Waals surface area contributed by atoms with Crippen LogP contribution in [0.3, 0.4) is 0 Å². The maximum Gasteiger partial charge on any atom is 0.253 e. The summed E-state index contributed by atoms with van der Waals surface area (Å²) in [5.74, 6) is 0.210. The summed E-state index contributed by atoms with van der Waals surface area (Å²) in [6, 6.07) is 10.4. The van der Waals surface area contributed by atoms with Gasteiger partial charge in [0.05, 0.1) is 17.2 Å². The normalized spacial score (nSPS) is 15.6. The highest BCUT2D eigenvalue weighted by Crippen LogP contribution is 2.23. The molecule has 10 heteroatoms. The monoisotopic (exact) mass is 401 g/mol. The highest BCUT2D eigenvalue weighted by atomic mass is 32.2.